The van der Waals surface area contributed by atoms with E-state index in [-0.39, 0.29) is 0 Å². The molecule has 2 N–H and O–H groups in total. The van der Waals surface area contributed by atoms with Gasteiger partial charge in [0.05, 0.1) is 0 Å². The van der Waals surface area contributed by atoms with E-state index in [1.807, 2.05) is 6.20 Å². The van der Waals surface area contributed by atoms with E-state index in [9.17, 15) is 0 Å². The van der Waals surface area contributed by atoms with Crippen molar-refractivity contribution in [3.8, 4) is 0 Å². The molecule has 0 aliphatic carbocycles. The van der Waals surface area contributed by atoms with Crippen molar-refractivity contribution >= 4 is 10.9 Å². The summed E-state index contributed by atoms with van der Waals surface area (Å²) >= 11 is 0. The summed E-state index contributed by atoms with van der Waals surface area (Å²) in [4.78, 5) is 5.82. The topological polar surface area (TPSA) is 31.1 Å². The molecule has 1 atom stereocenters. The third-order valence-electron chi connectivity index (χ3n) is 4.15. The molecule has 0 spiro atoms. The van der Waals surface area contributed by atoms with E-state index < -0.39 is 0 Å². The molecule has 1 fully saturated rings. The number of hydrogen-bond acceptors (Lipinski definition) is 2. The first-order valence-electron chi connectivity index (χ1n) is 7.34. The fourth-order valence-corrected chi connectivity index (χ4v) is 2.95. The number of aromatic nitrogens is 1. The molecule has 3 heteroatoms. The normalized spacial score (nSPS) is 18.2. The van der Waals surface area contributed by atoms with Gasteiger partial charge in [0.15, 0.2) is 0 Å². The number of benzene rings is 1. The first kappa shape index (κ1) is 12.7. The molecule has 102 valence electrons. The highest BCUT2D eigenvalue weighted by Crippen LogP contribution is 2.14. The van der Waals surface area contributed by atoms with E-state index in [0.717, 1.165) is 13.1 Å². The lowest BCUT2D eigenvalue weighted by atomic mass is 10.1. The zero-order valence-electron chi connectivity index (χ0n) is 11.7. The van der Waals surface area contributed by atoms with Crippen LogP contribution in [0.4, 0.5) is 0 Å². The third-order valence-corrected chi connectivity index (χ3v) is 4.15. The number of rotatable bonds is 5. The Labute approximate surface area is 115 Å². The highest BCUT2D eigenvalue weighted by Gasteiger charge is 2.17. The zero-order valence-corrected chi connectivity index (χ0v) is 11.7. The smallest absolute Gasteiger partial charge is 0.0454 e. The summed E-state index contributed by atoms with van der Waals surface area (Å²) in [5.74, 6) is 0. The van der Waals surface area contributed by atoms with Crippen LogP contribution < -0.4 is 5.32 Å². The van der Waals surface area contributed by atoms with Gasteiger partial charge in [-0.3, -0.25) is 4.90 Å². The molecular formula is C16H23N3. The van der Waals surface area contributed by atoms with Crippen LogP contribution in [0, 0.1) is 0 Å². The highest BCUT2D eigenvalue weighted by molar-refractivity contribution is 5.79. The van der Waals surface area contributed by atoms with Gasteiger partial charge >= 0.3 is 0 Å². The summed E-state index contributed by atoms with van der Waals surface area (Å²) in [6.45, 7) is 6.91. The Morgan fingerprint density at radius 2 is 2.11 bits per heavy atom. The molecule has 3 rings (SSSR count). The minimum absolute atomic E-state index is 0.651. The van der Waals surface area contributed by atoms with Gasteiger partial charge < -0.3 is 10.3 Å². The molecule has 1 aliphatic heterocycles. The second-order valence-corrected chi connectivity index (χ2v) is 5.62. The van der Waals surface area contributed by atoms with Gasteiger partial charge in [0.25, 0.3) is 0 Å². The van der Waals surface area contributed by atoms with Crippen LogP contribution in [0.3, 0.4) is 0 Å². The predicted octanol–water partition coefficient (Wildman–Crippen LogP) is 2.74. The molecule has 1 aromatic carbocycles. The van der Waals surface area contributed by atoms with E-state index in [2.05, 4.69) is 46.4 Å². The van der Waals surface area contributed by atoms with E-state index in [0.29, 0.717) is 6.04 Å². The minimum atomic E-state index is 0.651. The molecule has 19 heavy (non-hydrogen) atoms. The fraction of sp³-hybridized carbons (Fsp3) is 0.500. The monoisotopic (exact) mass is 257 g/mol. The van der Waals surface area contributed by atoms with Crippen LogP contribution >= 0.6 is 0 Å². The lowest BCUT2D eigenvalue weighted by Crippen LogP contribution is -2.38. The summed E-state index contributed by atoms with van der Waals surface area (Å²) in [6, 6.07) is 9.41. The van der Waals surface area contributed by atoms with Crippen LogP contribution in [0.1, 0.15) is 25.3 Å². The number of hydrogen-bond donors (Lipinski definition) is 2. The number of H-pyrrole nitrogens is 1. The fourth-order valence-electron chi connectivity index (χ4n) is 2.95. The maximum atomic E-state index is 3.58. The molecule has 2 heterocycles. The van der Waals surface area contributed by atoms with E-state index in [1.165, 1.54) is 42.4 Å². The third kappa shape index (κ3) is 2.99. The average Bonchev–Trinajstić information content (AvgIpc) is 3.09. The largest absolute Gasteiger partial charge is 0.361 e. The van der Waals surface area contributed by atoms with Crippen molar-refractivity contribution in [2.75, 3.05) is 19.6 Å². The Kier molecular flexibility index (Phi) is 3.85. The molecule has 1 unspecified atom stereocenters. The molecule has 0 amide bonds. The van der Waals surface area contributed by atoms with E-state index in [1.54, 1.807) is 0 Å². The molecule has 0 radical (unpaired) electrons. The van der Waals surface area contributed by atoms with Crippen LogP contribution in [-0.2, 0) is 6.54 Å². The number of nitrogens with zero attached hydrogens (tertiary/aromatic N) is 1. The van der Waals surface area contributed by atoms with Crippen molar-refractivity contribution in [2.24, 2.45) is 0 Å². The van der Waals surface area contributed by atoms with Gasteiger partial charge in [-0.15, -0.1) is 0 Å². The van der Waals surface area contributed by atoms with Gasteiger partial charge in [-0.2, -0.15) is 0 Å². The number of aromatic amines is 1. The van der Waals surface area contributed by atoms with Crippen molar-refractivity contribution in [2.45, 2.75) is 32.4 Å². The van der Waals surface area contributed by atoms with Gasteiger partial charge in [-0.1, -0.05) is 6.07 Å². The van der Waals surface area contributed by atoms with Gasteiger partial charge in [-0.25, -0.2) is 0 Å². The van der Waals surface area contributed by atoms with Crippen molar-refractivity contribution in [1.82, 2.24) is 15.2 Å². The zero-order chi connectivity index (χ0) is 13.1. The van der Waals surface area contributed by atoms with Crippen molar-refractivity contribution in [1.29, 1.82) is 0 Å². The minimum Gasteiger partial charge on any atom is -0.361 e. The first-order valence-corrected chi connectivity index (χ1v) is 7.34. The molecule has 1 saturated heterocycles. The van der Waals surface area contributed by atoms with Gasteiger partial charge in [0, 0.05) is 30.8 Å². The number of nitrogens with one attached hydrogen (secondary N) is 2. The lowest BCUT2D eigenvalue weighted by Gasteiger charge is -2.23. The molecule has 2 aromatic rings. The molecule has 1 aliphatic rings. The second kappa shape index (κ2) is 5.76. The Morgan fingerprint density at radius 3 is 2.95 bits per heavy atom. The Balaban J connectivity index is 1.51. The maximum absolute atomic E-state index is 3.58. The Bertz CT molecular complexity index is 526. The Hall–Kier alpha value is -1.32. The Morgan fingerprint density at radius 1 is 1.26 bits per heavy atom. The predicted molar refractivity (Wildman–Crippen MR) is 80.3 cm³/mol. The van der Waals surface area contributed by atoms with Gasteiger partial charge in [0.2, 0.25) is 0 Å². The van der Waals surface area contributed by atoms with Crippen molar-refractivity contribution in [3.05, 3.63) is 36.0 Å². The van der Waals surface area contributed by atoms with Crippen LogP contribution in [0.5, 0.6) is 0 Å². The quantitative estimate of drug-likeness (QED) is 0.863. The number of fused-ring (bicyclic) bond motifs is 1. The standard InChI is InChI=1S/C16H23N3/c1-13(19-8-2-3-9-19)11-17-12-14-4-5-16-15(10-14)6-7-18-16/h4-7,10,13,17-18H,2-3,8-9,11-12H2,1H3. The molecular weight excluding hydrogens is 234 g/mol. The summed E-state index contributed by atoms with van der Waals surface area (Å²) in [5, 5.41) is 4.88. The molecule has 0 saturated carbocycles. The van der Waals surface area contributed by atoms with Gasteiger partial charge in [0.1, 0.15) is 0 Å². The molecule has 0 bridgehead atoms. The van der Waals surface area contributed by atoms with Crippen LogP contribution in [0.15, 0.2) is 30.5 Å². The van der Waals surface area contributed by atoms with Crippen LogP contribution in [0.2, 0.25) is 0 Å². The summed E-state index contributed by atoms with van der Waals surface area (Å²) in [7, 11) is 0. The van der Waals surface area contributed by atoms with Crippen molar-refractivity contribution < 1.29 is 0 Å². The highest BCUT2D eigenvalue weighted by atomic mass is 15.2. The summed E-state index contributed by atoms with van der Waals surface area (Å²) in [6.07, 6.45) is 4.74. The van der Waals surface area contributed by atoms with E-state index in [4.69, 9.17) is 0 Å². The van der Waals surface area contributed by atoms with Crippen molar-refractivity contribution in [3.63, 3.8) is 0 Å². The van der Waals surface area contributed by atoms with Crippen LogP contribution in [-0.4, -0.2) is 35.6 Å². The van der Waals surface area contributed by atoms with E-state index >= 15 is 0 Å². The first-order chi connectivity index (χ1) is 9.33. The lowest BCUT2D eigenvalue weighted by molar-refractivity contribution is 0.251. The van der Waals surface area contributed by atoms with Gasteiger partial charge in [-0.05, 0) is 62.0 Å². The maximum Gasteiger partial charge on any atom is 0.0454 e. The van der Waals surface area contributed by atoms with Crippen LogP contribution in [0.25, 0.3) is 10.9 Å². The summed E-state index contributed by atoms with van der Waals surface area (Å²) < 4.78 is 0. The average molecular weight is 257 g/mol. The number of likely N-dealkylation sites (tertiary alicyclic amines) is 1. The second-order valence-electron chi connectivity index (χ2n) is 5.62. The molecule has 3 nitrogen and oxygen atoms in total. The SMILES string of the molecule is CC(CNCc1ccc2[nH]ccc2c1)N1CCCC1. The molecule has 1 aromatic heterocycles. The summed E-state index contributed by atoms with van der Waals surface area (Å²) in [5.41, 5.74) is 2.58.